The number of carbonyl (C=O) groups is 1. The molecule has 1 aromatic carbocycles. The quantitative estimate of drug-likeness (QED) is 0.361. The van der Waals surface area contributed by atoms with Crippen LogP contribution in [-0.4, -0.2) is 39.9 Å². The summed E-state index contributed by atoms with van der Waals surface area (Å²) in [5, 5.41) is 17.3. The van der Waals surface area contributed by atoms with Crippen LogP contribution in [0.5, 0.6) is 0 Å². The van der Waals surface area contributed by atoms with Gasteiger partial charge in [-0.1, -0.05) is 0 Å². The number of rotatable bonds is 5. The minimum atomic E-state index is -0.508. The largest absolute Gasteiger partial charge is 0.393 e. The van der Waals surface area contributed by atoms with Crippen molar-refractivity contribution in [2.45, 2.75) is 45.1 Å². The van der Waals surface area contributed by atoms with E-state index in [2.05, 4.69) is 20.5 Å². The molecule has 1 aliphatic heterocycles. The number of nitrogens with two attached hydrogens (primary N) is 1. The van der Waals surface area contributed by atoms with Crippen molar-refractivity contribution in [3.8, 4) is 0 Å². The Bertz CT molecular complexity index is 1000. The van der Waals surface area contributed by atoms with Crippen molar-refractivity contribution < 1.29 is 9.72 Å². The number of aryl methyl sites for hydroxylation is 1. The van der Waals surface area contributed by atoms with E-state index >= 15 is 0 Å². The lowest BCUT2D eigenvalue weighted by Gasteiger charge is -2.25. The average Bonchev–Trinajstić information content (AvgIpc) is 3.16. The standard InChI is InChI=1S/C20H25N7O3.ClH/c1-12(28)22-14-8-9-26(11-14)19-15-4-2-3-5-17(15)24-20(25-19)23-13-6-7-16(21)18(10-13)27(29)30;/h6-7,10,14H,2-5,8-9,11,21H2,1H3,(H,22,28)(H,23,24,25);1H. The summed E-state index contributed by atoms with van der Waals surface area (Å²) in [7, 11) is 0. The molecule has 0 saturated carbocycles. The van der Waals surface area contributed by atoms with Gasteiger partial charge in [0.25, 0.3) is 5.69 Å². The first-order chi connectivity index (χ1) is 14.4. The van der Waals surface area contributed by atoms with Gasteiger partial charge in [0.1, 0.15) is 11.5 Å². The third-order valence-electron chi connectivity index (χ3n) is 5.54. The number of fused-ring (bicyclic) bond motifs is 1. The van der Waals surface area contributed by atoms with Crippen LogP contribution in [0, 0.1) is 10.1 Å². The summed E-state index contributed by atoms with van der Waals surface area (Å²) in [6, 6.07) is 4.67. The first-order valence-electron chi connectivity index (χ1n) is 10.1. The Hall–Kier alpha value is -3.14. The Morgan fingerprint density at radius 2 is 2.06 bits per heavy atom. The molecule has 2 aromatic rings. The van der Waals surface area contributed by atoms with E-state index in [0.29, 0.717) is 18.2 Å². The summed E-state index contributed by atoms with van der Waals surface area (Å²) in [6.45, 7) is 3.04. The Kier molecular flexibility index (Phi) is 6.79. The summed E-state index contributed by atoms with van der Waals surface area (Å²) >= 11 is 0. The van der Waals surface area contributed by atoms with Crippen LogP contribution in [0.3, 0.4) is 0 Å². The van der Waals surface area contributed by atoms with Gasteiger partial charge in [-0.25, -0.2) is 4.98 Å². The minimum absolute atomic E-state index is 0. The van der Waals surface area contributed by atoms with Crippen molar-refractivity contribution in [3.63, 3.8) is 0 Å². The van der Waals surface area contributed by atoms with Gasteiger partial charge in [-0.3, -0.25) is 14.9 Å². The minimum Gasteiger partial charge on any atom is -0.393 e. The second-order valence-corrected chi connectivity index (χ2v) is 7.79. The van der Waals surface area contributed by atoms with Gasteiger partial charge in [-0.15, -0.1) is 12.4 Å². The maximum absolute atomic E-state index is 11.4. The smallest absolute Gasteiger partial charge is 0.294 e. The van der Waals surface area contributed by atoms with Crippen LogP contribution >= 0.6 is 12.4 Å². The number of nitro benzene ring substituents is 1. The fourth-order valence-corrected chi connectivity index (χ4v) is 4.16. The third kappa shape index (κ3) is 4.96. The highest BCUT2D eigenvalue weighted by molar-refractivity contribution is 5.85. The van der Waals surface area contributed by atoms with E-state index in [1.807, 2.05) is 0 Å². The molecule has 2 aliphatic rings. The topological polar surface area (TPSA) is 139 Å². The molecule has 1 atom stereocenters. The summed E-state index contributed by atoms with van der Waals surface area (Å²) in [4.78, 5) is 33.7. The fraction of sp³-hybridized carbons (Fsp3) is 0.450. The van der Waals surface area contributed by atoms with Crippen molar-refractivity contribution in [1.29, 1.82) is 0 Å². The number of hydrogen-bond acceptors (Lipinski definition) is 8. The van der Waals surface area contributed by atoms with E-state index in [1.165, 1.54) is 24.6 Å². The van der Waals surface area contributed by atoms with Crippen molar-refractivity contribution in [2.75, 3.05) is 29.0 Å². The summed E-state index contributed by atoms with van der Waals surface area (Å²) in [5.41, 5.74) is 8.34. The molecule has 1 fully saturated rings. The van der Waals surface area contributed by atoms with Crippen molar-refractivity contribution >= 4 is 47.1 Å². The number of nitrogen functional groups attached to an aromatic ring is 1. The molecule has 1 amide bonds. The highest BCUT2D eigenvalue weighted by Gasteiger charge is 2.28. The average molecular weight is 448 g/mol. The zero-order valence-electron chi connectivity index (χ0n) is 17.3. The SMILES string of the molecule is CC(=O)NC1CCN(c2nc(Nc3ccc(N)c([N+](=O)[O-])c3)nc3c2CCCC3)C1.Cl. The molecule has 166 valence electrons. The second-order valence-electron chi connectivity index (χ2n) is 7.79. The van der Waals surface area contributed by atoms with Crippen molar-refractivity contribution in [3.05, 3.63) is 39.6 Å². The van der Waals surface area contributed by atoms with Crippen molar-refractivity contribution in [1.82, 2.24) is 15.3 Å². The van der Waals surface area contributed by atoms with Crippen LogP contribution in [0.4, 0.5) is 28.8 Å². The lowest BCUT2D eigenvalue weighted by Crippen LogP contribution is -2.36. The van der Waals surface area contributed by atoms with Gasteiger partial charge in [0.2, 0.25) is 11.9 Å². The summed E-state index contributed by atoms with van der Waals surface area (Å²) < 4.78 is 0. The maximum atomic E-state index is 11.4. The molecule has 1 aliphatic carbocycles. The van der Waals surface area contributed by atoms with E-state index in [0.717, 1.165) is 50.2 Å². The van der Waals surface area contributed by atoms with E-state index < -0.39 is 4.92 Å². The number of benzene rings is 1. The number of nitrogens with zero attached hydrogens (tertiary/aromatic N) is 4. The van der Waals surface area contributed by atoms with Crippen LogP contribution in [0.2, 0.25) is 0 Å². The predicted octanol–water partition coefficient (Wildman–Crippen LogP) is 2.73. The Balaban J connectivity index is 0.00000272. The highest BCUT2D eigenvalue weighted by Crippen LogP contribution is 2.32. The third-order valence-corrected chi connectivity index (χ3v) is 5.54. The number of aromatic nitrogens is 2. The Labute approximate surface area is 186 Å². The van der Waals surface area contributed by atoms with Gasteiger partial charge in [-0.05, 0) is 44.2 Å². The zero-order chi connectivity index (χ0) is 21.3. The molecular formula is C20H26ClN7O3. The molecule has 4 rings (SSSR count). The van der Waals surface area contributed by atoms with Crippen molar-refractivity contribution in [2.24, 2.45) is 0 Å². The van der Waals surface area contributed by atoms with Crippen LogP contribution < -0.4 is 21.3 Å². The zero-order valence-corrected chi connectivity index (χ0v) is 18.1. The molecule has 0 bridgehead atoms. The van der Waals surface area contributed by atoms with Gasteiger partial charge >= 0.3 is 0 Å². The number of halogens is 1. The normalized spacial score (nSPS) is 17.5. The molecule has 10 nitrogen and oxygen atoms in total. The van der Waals surface area contributed by atoms with E-state index in [1.54, 1.807) is 6.07 Å². The Morgan fingerprint density at radius 1 is 1.29 bits per heavy atom. The van der Waals surface area contributed by atoms with E-state index in [4.69, 9.17) is 10.7 Å². The number of nitrogens with one attached hydrogen (secondary N) is 2. The summed E-state index contributed by atoms with van der Waals surface area (Å²) in [5.74, 6) is 1.27. The molecule has 1 aromatic heterocycles. The number of carbonyl (C=O) groups excluding carboxylic acids is 1. The van der Waals surface area contributed by atoms with Gasteiger partial charge < -0.3 is 21.3 Å². The van der Waals surface area contributed by atoms with Gasteiger partial charge in [0.05, 0.1) is 10.6 Å². The maximum Gasteiger partial charge on any atom is 0.294 e. The lowest BCUT2D eigenvalue weighted by molar-refractivity contribution is -0.383. The number of nitro groups is 1. The Morgan fingerprint density at radius 3 is 2.81 bits per heavy atom. The summed E-state index contributed by atoms with van der Waals surface area (Å²) in [6.07, 6.45) is 4.85. The molecule has 2 heterocycles. The first kappa shape index (κ1) is 22.5. The number of anilines is 4. The molecular weight excluding hydrogens is 422 g/mol. The monoisotopic (exact) mass is 447 g/mol. The first-order valence-corrected chi connectivity index (χ1v) is 10.1. The molecule has 0 spiro atoms. The molecule has 1 unspecified atom stereocenters. The van der Waals surface area contributed by atoms with Gasteiger partial charge in [-0.2, -0.15) is 4.98 Å². The highest BCUT2D eigenvalue weighted by atomic mass is 35.5. The van der Waals surface area contributed by atoms with Crippen LogP contribution in [0.25, 0.3) is 0 Å². The van der Waals surface area contributed by atoms with Crippen LogP contribution in [0.1, 0.15) is 37.4 Å². The number of hydrogen-bond donors (Lipinski definition) is 3. The van der Waals surface area contributed by atoms with Crippen LogP contribution in [0.15, 0.2) is 18.2 Å². The molecule has 31 heavy (non-hydrogen) atoms. The molecule has 1 saturated heterocycles. The van der Waals surface area contributed by atoms with Crippen LogP contribution in [-0.2, 0) is 17.6 Å². The second kappa shape index (κ2) is 9.34. The molecule has 4 N–H and O–H groups in total. The number of amides is 1. The van der Waals surface area contributed by atoms with Gasteiger partial charge in [0, 0.05) is 43.4 Å². The van der Waals surface area contributed by atoms with E-state index in [-0.39, 0.29) is 35.7 Å². The molecule has 11 heteroatoms. The predicted molar refractivity (Wildman–Crippen MR) is 121 cm³/mol. The fourth-order valence-electron chi connectivity index (χ4n) is 4.16. The van der Waals surface area contributed by atoms with Gasteiger partial charge in [0.15, 0.2) is 0 Å². The lowest BCUT2D eigenvalue weighted by atomic mass is 9.96. The van der Waals surface area contributed by atoms with E-state index in [9.17, 15) is 14.9 Å². The molecule has 0 radical (unpaired) electrons.